The summed E-state index contributed by atoms with van der Waals surface area (Å²) in [6.45, 7) is 8.49. The van der Waals surface area contributed by atoms with Crippen LogP contribution >= 0.6 is 0 Å². The summed E-state index contributed by atoms with van der Waals surface area (Å²) in [5.41, 5.74) is 4.51. The van der Waals surface area contributed by atoms with Crippen molar-refractivity contribution in [2.75, 3.05) is 20.2 Å². The Morgan fingerprint density at radius 3 is 2.58 bits per heavy atom. The van der Waals surface area contributed by atoms with Crippen LogP contribution < -0.4 is 10.1 Å². The Morgan fingerprint density at radius 2 is 1.91 bits per heavy atom. The molecule has 0 radical (unpaired) electrons. The molecule has 7 heteroatoms. The molecule has 0 saturated carbocycles. The van der Waals surface area contributed by atoms with Crippen molar-refractivity contribution in [3.05, 3.63) is 65.0 Å². The zero-order valence-corrected chi connectivity index (χ0v) is 19.8. The first-order valence-electron chi connectivity index (χ1n) is 11.5. The van der Waals surface area contributed by atoms with Crippen molar-refractivity contribution in [1.82, 2.24) is 20.4 Å². The van der Waals surface area contributed by atoms with Crippen LogP contribution in [0.4, 0.5) is 0 Å². The van der Waals surface area contributed by atoms with Gasteiger partial charge in [-0.05, 0) is 82.1 Å². The number of carbonyl (C=O) groups is 1. The molecule has 1 aliphatic rings. The summed E-state index contributed by atoms with van der Waals surface area (Å²) in [5.74, 6) is 2.13. The highest BCUT2D eigenvalue weighted by atomic mass is 16.5. The maximum absolute atomic E-state index is 12.9. The molecule has 1 aliphatic heterocycles. The van der Waals surface area contributed by atoms with E-state index in [0.717, 1.165) is 37.2 Å². The molecule has 1 fully saturated rings. The van der Waals surface area contributed by atoms with E-state index >= 15 is 0 Å². The SMILES string of the molecule is COc1ccc(-c2noc(CN3CCC(C(=O)NC(C)c4ccc(C)cc4C)CC3)n2)cc1. The molecular weight excluding hydrogens is 416 g/mol. The Kier molecular flexibility index (Phi) is 7.08. The molecule has 2 heterocycles. The number of aryl methyl sites for hydroxylation is 2. The molecule has 1 amide bonds. The zero-order chi connectivity index (χ0) is 23.4. The first-order chi connectivity index (χ1) is 15.9. The second kappa shape index (κ2) is 10.2. The highest BCUT2D eigenvalue weighted by Crippen LogP contribution is 2.24. The van der Waals surface area contributed by atoms with Crippen molar-refractivity contribution in [3.8, 4) is 17.1 Å². The van der Waals surface area contributed by atoms with Gasteiger partial charge in [-0.3, -0.25) is 9.69 Å². The van der Waals surface area contributed by atoms with Crippen LogP contribution in [0.1, 0.15) is 48.4 Å². The summed E-state index contributed by atoms with van der Waals surface area (Å²) in [6.07, 6.45) is 1.65. The molecule has 1 unspecified atom stereocenters. The predicted octanol–water partition coefficient (Wildman–Crippen LogP) is 4.45. The molecule has 0 spiro atoms. The minimum absolute atomic E-state index is 0.00546. The number of hydrogen-bond donors (Lipinski definition) is 1. The molecule has 1 N–H and O–H groups in total. The maximum Gasteiger partial charge on any atom is 0.241 e. The summed E-state index contributed by atoms with van der Waals surface area (Å²) >= 11 is 0. The summed E-state index contributed by atoms with van der Waals surface area (Å²) in [6, 6.07) is 14.0. The largest absolute Gasteiger partial charge is 0.497 e. The molecule has 3 aromatic rings. The van der Waals surface area contributed by atoms with Gasteiger partial charge in [-0.25, -0.2) is 0 Å². The summed E-state index contributed by atoms with van der Waals surface area (Å²) in [7, 11) is 1.64. The third-order valence-electron chi connectivity index (χ3n) is 6.38. The van der Waals surface area contributed by atoms with Crippen molar-refractivity contribution >= 4 is 5.91 Å². The molecule has 0 aliphatic carbocycles. The van der Waals surface area contributed by atoms with Gasteiger partial charge in [0.1, 0.15) is 5.75 Å². The molecule has 7 nitrogen and oxygen atoms in total. The van der Waals surface area contributed by atoms with Gasteiger partial charge < -0.3 is 14.6 Å². The van der Waals surface area contributed by atoms with Crippen LogP contribution in [0.5, 0.6) is 5.75 Å². The average Bonchev–Trinajstić information content (AvgIpc) is 3.28. The Labute approximate surface area is 195 Å². The molecule has 1 atom stereocenters. The van der Waals surface area contributed by atoms with Crippen molar-refractivity contribution in [2.45, 2.75) is 46.2 Å². The van der Waals surface area contributed by atoms with Crippen molar-refractivity contribution in [2.24, 2.45) is 5.92 Å². The lowest BCUT2D eigenvalue weighted by Crippen LogP contribution is -2.41. The summed E-state index contributed by atoms with van der Waals surface area (Å²) in [4.78, 5) is 19.7. The second-order valence-corrected chi connectivity index (χ2v) is 8.88. The lowest BCUT2D eigenvalue weighted by atomic mass is 9.94. The molecular formula is C26H32N4O3. The fourth-order valence-electron chi connectivity index (χ4n) is 4.44. The summed E-state index contributed by atoms with van der Waals surface area (Å²) in [5, 5.41) is 7.32. The van der Waals surface area contributed by atoms with Gasteiger partial charge in [-0.15, -0.1) is 0 Å². The Balaban J connectivity index is 1.27. The van der Waals surface area contributed by atoms with Gasteiger partial charge in [-0.1, -0.05) is 28.9 Å². The van der Waals surface area contributed by atoms with Crippen LogP contribution in [-0.4, -0.2) is 41.1 Å². The number of ether oxygens (including phenoxy) is 1. The Bertz CT molecular complexity index is 1090. The van der Waals surface area contributed by atoms with E-state index in [9.17, 15) is 4.79 Å². The van der Waals surface area contributed by atoms with E-state index in [1.807, 2.05) is 24.3 Å². The van der Waals surface area contributed by atoms with Crippen LogP contribution in [-0.2, 0) is 11.3 Å². The fourth-order valence-corrected chi connectivity index (χ4v) is 4.44. The number of rotatable bonds is 7. The van der Waals surface area contributed by atoms with Crippen LogP contribution in [0.2, 0.25) is 0 Å². The smallest absolute Gasteiger partial charge is 0.241 e. The van der Waals surface area contributed by atoms with E-state index in [2.05, 4.69) is 59.3 Å². The van der Waals surface area contributed by atoms with E-state index < -0.39 is 0 Å². The van der Waals surface area contributed by atoms with E-state index in [4.69, 9.17) is 9.26 Å². The highest BCUT2D eigenvalue weighted by molar-refractivity contribution is 5.79. The number of nitrogens with zero attached hydrogens (tertiary/aromatic N) is 3. The topological polar surface area (TPSA) is 80.5 Å². The minimum atomic E-state index is 0.00546. The van der Waals surface area contributed by atoms with Crippen LogP contribution in [0.3, 0.4) is 0 Å². The standard InChI is InChI=1S/C26H32N4O3/c1-17-5-10-23(18(2)15-17)19(3)27-26(31)21-11-13-30(14-12-21)16-24-28-25(29-33-24)20-6-8-22(32-4)9-7-20/h5-10,15,19,21H,11-14,16H2,1-4H3,(H,27,31). The zero-order valence-electron chi connectivity index (χ0n) is 19.8. The Morgan fingerprint density at radius 1 is 1.18 bits per heavy atom. The lowest BCUT2D eigenvalue weighted by molar-refractivity contribution is -0.127. The van der Waals surface area contributed by atoms with E-state index in [0.29, 0.717) is 18.3 Å². The average molecular weight is 449 g/mol. The summed E-state index contributed by atoms with van der Waals surface area (Å²) < 4.78 is 10.7. The van der Waals surface area contributed by atoms with Crippen LogP contribution in [0.25, 0.3) is 11.4 Å². The van der Waals surface area contributed by atoms with Crippen molar-refractivity contribution < 1.29 is 14.1 Å². The first kappa shape index (κ1) is 23.0. The number of piperidine rings is 1. The van der Waals surface area contributed by atoms with Gasteiger partial charge in [0, 0.05) is 11.5 Å². The number of methoxy groups -OCH3 is 1. The first-order valence-corrected chi connectivity index (χ1v) is 11.5. The van der Waals surface area contributed by atoms with Gasteiger partial charge in [0.25, 0.3) is 0 Å². The normalized spacial score (nSPS) is 15.9. The predicted molar refractivity (Wildman–Crippen MR) is 127 cm³/mol. The number of amides is 1. The molecule has 1 saturated heterocycles. The number of nitrogens with one attached hydrogen (secondary N) is 1. The Hall–Kier alpha value is -3.19. The third kappa shape index (κ3) is 5.60. The molecule has 1 aromatic heterocycles. The number of carbonyl (C=O) groups excluding carboxylic acids is 1. The molecule has 4 rings (SSSR count). The fraction of sp³-hybridized carbons (Fsp3) is 0.423. The lowest BCUT2D eigenvalue weighted by Gasteiger charge is -2.31. The minimum Gasteiger partial charge on any atom is -0.497 e. The van der Waals surface area contributed by atoms with Gasteiger partial charge in [0.2, 0.25) is 17.6 Å². The monoisotopic (exact) mass is 448 g/mol. The van der Waals surface area contributed by atoms with Gasteiger partial charge >= 0.3 is 0 Å². The van der Waals surface area contributed by atoms with Crippen molar-refractivity contribution in [3.63, 3.8) is 0 Å². The van der Waals surface area contributed by atoms with E-state index in [1.54, 1.807) is 7.11 Å². The molecule has 2 aromatic carbocycles. The van der Waals surface area contributed by atoms with Gasteiger partial charge in [0.05, 0.1) is 19.7 Å². The van der Waals surface area contributed by atoms with E-state index in [1.165, 1.54) is 16.7 Å². The quantitative estimate of drug-likeness (QED) is 0.575. The molecule has 0 bridgehead atoms. The van der Waals surface area contributed by atoms with Crippen LogP contribution in [0, 0.1) is 19.8 Å². The third-order valence-corrected chi connectivity index (χ3v) is 6.38. The van der Waals surface area contributed by atoms with Gasteiger partial charge in [0.15, 0.2) is 0 Å². The maximum atomic E-state index is 12.9. The number of likely N-dealkylation sites (tertiary alicyclic amines) is 1. The number of hydrogen-bond acceptors (Lipinski definition) is 6. The van der Waals surface area contributed by atoms with Gasteiger partial charge in [-0.2, -0.15) is 4.98 Å². The van der Waals surface area contributed by atoms with Crippen molar-refractivity contribution in [1.29, 1.82) is 0 Å². The van der Waals surface area contributed by atoms with E-state index in [-0.39, 0.29) is 17.9 Å². The second-order valence-electron chi connectivity index (χ2n) is 8.88. The molecule has 174 valence electrons. The number of aromatic nitrogens is 2. The highest BCUT2D eigenvalue weighted by Gasteiger charge is 2.27. The number of benzene rings is 2. The molecule has 33 heavy (non-hydrogen) atoms. The van der Waals surface area contributed by atoms with Crippen LogP contribution in [0.15, 0.2) is 47.0 Å².